The highest BCUT2D eigenvalue weighted by Crippen LogP contribution is 2.48. The fourth-order valence-electron chi connectivity index (χ4n) is 1.93. The van der Waals surface area contributed by atoms with E-state index in [1.165, 1.54) is 32.2 Å². The van der Waals surface area contributed by atoms with Crippen molar-refractivity contribution in [2.75, 3.05) is 25.4 Å². The summed E-state index contributed by atoms with van der Waals surface area (Å²) in [6.07, 6.45) is 5.35. The molecule has 2 rings (SSSR count). The molecule has 0 bridgehead atoms. The van der Waals surface area contributed by atoms with E-state index in [0.29, 0.717) is 12.0 Å². The van der Waals surface area contributed by atoms with Crippen LogP contribution >= 0.6 is 12.6 Å². The highest BCUT2D eigenvalue weighted by Gasteiger charge is 2.44. The summed E-state index contributed by atoms with van der Waals surface area (Å²) >= 11 is 4.41. The van der Waals surface area contributed by atoms with E-state index >= 15 is 0 Å². The van der Waals surface area contributed by atoms with Crippen molar-refractivity contribution in [1.29, 1.82) is 0 Å². The van der Waals surface area contributed by atoms with Gasteiger partial charge >= 0.3 is 0 Å². The number of hydrogen-bond donors (Lipinski definition) is 2. The van der Waals surface area contributed by atoms with Gasteiger partial charge in [-0.15, -0.1) is 0 Å². The lowest BCUT2D eigenvalue weighted by Crippen LogP contribution is -2.35. The van der Waals surface area contributed by atoms with Gasteiger partial charge in [-0.25, -0.2) is 0 Å². The molecule has 0 aliphatic heterocycles. The van der Waals surface area contributed by atoms with E-state index in [0.717, 1.165) is 18.3 Å². The maximum atomic E-state index is 8.94. The Balaban J connectivity index is 1.81. The van der Waals surface area contributed by atoms with E-state index < -0.39 is 0 Å². The van der Waals surface area contributed by atoms with Crippen molar-refractivity contribution in [3.05, 3.63) is 0 Å². The Labute approximate surface area is 85.7 Å². The molecule has 0 atom stereocenters. The molecule has 0 aromatic rings. The Morgan fingerprint density at radius 3 is 2.46 bits per heavy atom. The molecule has 13 heavy (non-hydrogen) atoms. The van der Waals surface area contributed by atoms with Crippen LogP contribution in [0.5, 0.6) is 0 Å². The Bertz CT molecular complexity index is 178. The molecule has 0 aromatic heterocycles. The summed E-state index contributed by atoms with van der Waals surface area (Å²) < 4.78 is 0. The third kappa shape index (κ3) is 2.39. The van der Waals surface area contributed by atoms with Crippen molar-refractivity contribution in [3.8, 4) is 0 Å². The highest BCUT2D eigenvalue weighted by atomic mass is 32.1. The van der Waals surface area contributed by atoms with Crippen molar-refractivity contribution in [3.63, 3.8) is 0 Å². The van der Waals surface area contributed by atoms with Gasteiger partial charge in [0, 0.05) is 19.1 Å². The molecule has 0 unspecified atom stereocenters. The van der Waals surface area contributed by atoms with E-state index in [1.807, 2.05) is 0 Å². The third-order valence-electron chi connectivity index (χ3n) is 3.28. The molecule has 0 saturated heterocycles. The number of aliphatic hydroxyl groups is 1. The van der Waals surface area contributed by atoms with Crippen LogP contribution in [0.15, 0.2) is 0 Å². The molecule has 0 spiro atoms. The van der Waals surface area contributed by atoms with Crippen LogP contribution in [-0.2, 0) is 0 Å². The van der Waals surface area contributed by atoms with E-state index in [-0.39, 0.29) is 0 Å². The number of hydrogen-bond acceptors (Lipinski definition) is 3. The lowest BCUT2D eigenvalue weighted by molar-refractivity contribution is 0.167. The standard InChI is InChI=1S/C10H19NOS/c12-6-5-11(9-1-2-9)7-10(8-13)3-4-10/h9,12-13H,1-8H2. The average molecular weight is 201 g/mol. The Kier molecular flexibility index (Phi) is 2.86. The van der Waals surface area contributed by atoms with Gasteiger partial charge in [-0.3, -0.25) is 4.90 Å². The highest BCUT2D eigenvalue weighted by molar-refractivity contribution is 7.80. The van der Waals surface area contributed by atoms with E-state index in [9.17, 15) is 0 Å². The SMILES string of the molecule is OCCN(CC1(CS)CC1)C1CC1. The molecule has 0 aromatic carbocycles. The summed E-state index contributed by atoms with van der Waals surface area (Å²) in [5.74, 6) is 1.02. The van der Waals surface area contributed by atoms with Crippen LogP contribution in [-0.4, -0.2) is 41.5 Å². The van der Waals surface area contributed by atoms with Crippen LogP contribution in [0.4, 0.5) is 0 Å². The van der Waals surface area contributed by atoms with Gasteiger partial charge in [0.15, 0.2) is 0 Å². The summed E-state index contributed by atoms with van der Waals surface area (Å²) in [4.78, 5) is 2.46. The molecule has 2 aliphatic rings. The van der Waals surface area contributed by atoms with Crippen LogP contribution in [0.1, 0.15) is 25.7 Å². The van der Waals surface area contributed by atoms with Gasteiger partial charge in [0.05, 0.1) is 6.61 Å². The second-order valence-electron chi connectivity index (χ2n) is 4.58. The largest absolute Gasteiger partial charge is 0.395 e. The molecule has 76 valence electrons. The second kappa shape index (κ2) is 3.79. The minimum atomic E-state index is 0.305. The summed E-state index contributed by atoms with van der Waals surface area (Å²) in [7, 11) is 0. The third-order valence-corrected chi connectivity index (χ3v) is 3.95. The first-order valence-electron chi connectivity index (χ1n) is 5.25. The van der Waals surface area contributed by atoms with Gasteiger partial charge in [0.25, 0.3) is 0 Å². The van der Waals surface area contributed by atoms with E-state index in [2.05, 4.69) is 17.5 Å². The molecular formula is C10H19NOS. The maximum Gasteiger partial charge on any atom is 0.0558 e. The lowest BCUT2D eigenvalue weighted by Gasteiger charge is -2.25. The number of rotatable bonds is 6. The van der Waals surface area contributed by atoms with Crippen molar-refractivity contribution in [2.24, 2.45) is 5.41 Å². The van der Waals surface area contributed by atoms with E-state index in [4.69, 9.17) is 5.11 Å². The van der Waals surface area contributed by atoms with Crippen LogP contribution in [0, 0.1) is 5.41 Å². The quantitative estimate of drug-likeness (QED) is 0.630. The normalized spacial score (nSPS) is 25.2. The minimum Gasteiger partial charge on any atom is -0.395 e. The number of nitrogens with zero attached hydrogens (tertiary/aromatic N) is 1. The van der Waals surface area contributed by atoms with Gasteiger partial charge in [-0.05, 0) is 36.9 Å². The molecule has 2 nitrogen and oxygen atoms in total. The Hall–Kier alpha value is 0.270. The molecule has 0 amide bonds. The summed E-state index contributed by atoms with van der Waals surface area (Å²) in [6, 6.07) is 0.782. The molecule has 0 heterocycles. The molecule has 2 aliphatic carbocycles. The zero-order valence-electron chi connectivity index (χ0n) is 8.08. The zero-order chi connectivity index (χ0) is 9.31. The van der Waals surface area contributed by atoms with Gasteiger partial charge in [0.2, 0.25) is 0 Å². The number of thiol groups is 1. The minimum absolute atomic E-state index is 0.305. The molecule has 0 radical (unpaired) electrons. The first-order chi connectivity index (χ1) is 6.29. The number of aliphatic hydroxyl groups excluding tert-OH is 1. The van der Waals surface area contributed by atoms with Gasteiger partial charge < -0.3 is 5.11 Å². The fraction of sp³-hybridized carbons (Fsp3) is 1.00. The van der Waals surface area contributed by atoms with Crippen LogP contribution in [0.25, 0.3) is 0 Å². The Morgan fingerprint density at radius 1 is 1.38 bits per heavy atom. The predicted octanol–water partition coefficient (Wildman–Crippen LogP) is 1.15. The van der Waals surface area contributed by atoms with Crippen molar-refractivity contribution >= 4 is 12.6 Å². The molecule has 3 heteroatoms. The first kappa shape index (κ1) is 9.81. The lowest BCUT2D eigenvalue weighted by atomic mass is 10.1. The fourth-order valence-corrected chi connectivity index (χ4v) is 2.35. The van der Waals surface area contributed by atoms with Gasteiger partial charge in [-0.1, -0.05) is 0 Å². The summed E-state index contributed by atoms with van der Waals surface area (Å²) in [6.45, 7) is 2.33. The van der Waals surface area contributed by atoms with Crippen molar-refractivity contribution in [2.45, 2.75) is 31.7 Å². The molecule has 2 fully saturated rings. The predicted molar refractivity (Wildman–Crippen MR) is 57.2 cm³/mol. The molecular weight excluding hydrogens is 182 g/mol. The molecule has 1 N–H and O–H groups in total. The van der Waals surface area contributed by atoms with Crippen LogP contribution < -0.4 is 0 Å². The first-order valence-corrected chi connectivity index (χ1v) is 5.89. The van der Waals surface area contributed by atoms with Crippen molar-refractivity contribution < 1.29 is 5.11 Å². The van der Waals surface area contributed by atoms with E-state index in [1.54, 1.807) is 0 Å². The molecule has 2 saturated carbocycles. The average Bonchev–Trinajstić information content (AvgIpc) is 3.01. The van der Waals surface area contributed by atoms with Crippen LogP contribution in [0.3, 0.4) is 0 Å². The maximum absolute atomic E-state index is 8.94. The van der Waals surface area contributed by atoms with Crippen LogP contribution in [0.2, 0.25) is 0 Å². The smallest absolute Gasteiger partial charge is 0.0558 e. The Morgan fingerprint density at radius 2 is 2.08 bits per heavy atom. The monoisotopic (exact) mass is 201 g/mol. The summed E-state index contributed by atoms with van der Waals surface area (Å²) in [5.41, 5.74) is 0.515. The topological polar surface area (TPSA) is 23.5 Å². The second-order valence-corrected chi connectivity index (χ2v) is 4.90. The van der Waals surface area contributed by atoms with Crippen molar-refractivity contribution in [1.82, 2.24) is 4.90 Å². The zero-order valence-corrected chi connectivity index (χ0v) is 8.97. The summed E-state index contributed by atoms with van der Waals surface area (Å²) in [5, 5.41) is 8.94. The van der Waals surface area contributed by atoms with Gasteiger partial charge in [-0.2, -0.15) is 12.6 Å². The van der Waals surface area contributed by atoms with Gasteiger partial charge in [0.1, 0.15) is 0 Å².